The third-order valence-corrected chi connectivity index (χ3v) is 2.58. The van der Waals surface area contributed by atoms with Gasteiger partial charge in [-0.25, -0.2) is 22.0 Å². The zero-order chi connectivity index (χ0) is 14.6. The first-order chi connectivity index (χ1) is 8.86. The van der Waals surface area contributed by atoms with E-state index in [1.807, 2.05) is 0 Å². The van der Waals surface area contributed by atoms with Crippen LogP contribution < -0.4 is 0 Å². The summed E-state index contributed by atoms with van der Waals surface area (Å²) in [5.74, 6) is -5.27. The maximum atomic E-state index is 13.4. The van der Waals surface area contributed by atoms with Gasteiger partial charge in [0.25, 0.3) is 12.3 Å². The Balaban J connectivity index is 3.09. The Hall–Kier alpha value is -1.18. The second kappa shape index (κ2) is 6.83. The largest absolute Gasteiger partial charge is 0.332 e. The van der Waals surface area contributed by atoms with Crippen molar-refractivity contribution in [3.63, 3.8) is 0 Å². The van der Waals surface area contributed by atoms with Crippen LogP contribution in [0.4, 0.5) is 22.0 Å². The van der Waals surface area contributed by atoms with Crippen molar-refractivity contribution in [3.8, 4) is 0 Å². The zero-order valence-corrected chi connectivity index (χ0v) is 11.1. The lowest BCUT2D eigenvalue weighted by atomic mass is 10.1. The molecule has 0 heterocycles. The molecule has 1 rings (SSSR count). The second-order valence-corrected chi connectivity index (χ2v) is 4.37. The van der Waals surface area contributed by atoms with Gasteiger partial charge in [-0.15, -0.1) is 0 Å². The quantitative estimate of drug-likeness (QED) is 0.592. The highest BCUT2D eigenvalue weighted by Crippen LogP contribution is 2.17. The molecule has 0 saturated carbocycles. The lowest BCUT2D eigenvalue weighted by Crippen LogP contribution is -2.37. The number of benzene rings is 1. The molecule has 0 N–H and O–H groups in total. The molecule has 0 radical (unpaired) electrons. The van der Waals surface area contributed by atoms with Crippen LogP contribution in [-0.2, 0) is 0 Å². The van der Waals surface area contributed by atoms with E-state index >= 15 is 0 Å². The molecule has 1 aromatic rings. The van der Waals surface area contributed by atoms with E-state index in [0.717, 1.165) is 0 Å². The molecule has 0 aliphatic rings. The van der Waals surface area contributed by atoms with Crippen LogP contribution in [0.15, 0.2) is 12.1 Å². The first-order valence-electron chi connectivity index (χ1n) is 5.14. The number of nitrogens with zero attached hydrogens (tertiary/aromatic N) is 1. The van der Waals surface area contributed by atoms with Gasteiger partial charge in [-0.3, -0.25) is 4.79 Å². The average Bonchev–Trinajstić information content (AvgIpc) is 2.26. The van der Waals surface area contributed by atoms with Crippen molar-refractivity contribution < 1.29 is 26.7 Å². The zero-order valence-electron chi connectivity index (χ0n) is 9.48. The lowest BCUT2D eigenvalue weighted by Gasteiger charge is -2.21. The Morgan fingerprint density at radius 1 is 1.21 bits per heavy atom. The second-order valence-electron chi connectivity index (χ2n) is 3.58. The van der Waals surface area contributed by atoms with E-state index < -0.39 is 41.9 Å². The van der Waals surface area contributed by atoms with Gasteiger partial charge in [-0.2, -0.15) is 0 Å². The van der Waals surface area contributed by atoms with Gasteiger partial charge in [0, 0.05) is 24.0 Å². The maximum Gasteiger partial charge on any atom is 0.260 e. The highest BCUT2D eigenvalue weighted by molar-refractivity contribution is 9.09. The van der Waals surface area contributed by atoms with Crippen molar-refractivity contribution in [2.75, 3.05) is 18.4 Å². The maximum absolute atomic E-state index is 13.4. The standard InChI is InChI=1S/C11H9BrF5NO/c12-1-2-18(5-9(16)17)11(19)10-7(14)3-6(13)4-8(10)15/h3-4,9H,1-2,5H2. The Kier molecular flexibility index (Phi) is 5.71. The molecular formula is C11H9BrF5NO. The van der Waals surface area contributed by atoms with Crippen LogP contribution in [0.25, 0.3) is 0 Å². The summed E-state index contributed by atoms with van der Waals surface area (Å²) in [6.45, 7) is -1.11. The van der Waals surface area contributed by atoms with Crippen LogP contribution in [-0.4, -0.2) is 35.7 Å². The first kappa shape index (κ1) is 15.9. The minimum atomic E-state index is -2.84. The number of hydrogen-bond donors (Lipinski definition) is 0. The smallest absolute Gasteiger partial charge is 0.260 e. The van der Waals surface area contributed by atoms with Crippen LogP contribution in [0.3, 0.4) is 0 Å². The molecule has 0 saturated heterocycles. The molecule has 0 atom stereocenters. The molecule has 0 unspecified atom stereocenters. The molecule has 0 aromatic heterocycles. The van der Waals surface area contributed by atoms with Gasteiger partial charge >= 0.3 is 0 Å². The van der Waals surface area contributed by atoms with Gasteiger partial charge in [-0.05, 0) is 0 Å². The number of carbonyl (C=O) groups is 1. The Morgan fingerprint density at radius 2 is 1.74 bits per heavy atom. The highest BCUT2D eigenvalue weighted by Gasteiger charge is 2.25. The summed E-state index contributed by atoms with van der Waals surface area (Å²) in [7, 11) is 0. The molecule has 19 heavy (non-hydrogen) atoms. The predicted molar refractivity (Wildman–Crippen MR) is 62.0 cm³/mol. The van der Waals surface area contributed by atoms with Crippen LogP contribution >= 0.6 is 15.9 Å². The summed E-state index contributed by atoms with van der Waals surface area (Å²) < 4.78 is 64.0. The SMILES string of the molecule is O=C(c1c(F)cc(F)cc1F)N(CCBr)CC(F)F. The fourth-order valence-electron chi connectivity index (χ4n) is 1.45. The molecule has 2 nitrogen and oxygen atoms in total. The average molecular weight is 346 g/mol. The van der Waals surface area contributed by atoms with Gasteiger partial charge in [0.05, 0.1) is 6.54 Å². The fourth-order valence-corrected chi connectivity index (χ4v) is 1.88. The van der Waals surface area contributed by atoms with Crippen molar-refractivity contribution in [2.24, 2.45) is 0 Å². The summed E-state index contributed by atoms with van der Waals surface area (Å²) in [6.07, 6.45) is -2.84. The van der Waals surface area contributed by atoms with Crippen LogP contribution in [0.5, 0.6) is 0 Å². The van der Waals surface area contributed by atoms with Crippen LogP contribution in [0, 0.1) is 17.5 Å². The topological polar surface area (TPSA) is 20.3 Å². The molecule has 8 heteroatoms. The van der Waals surface area contributed by atoms with E-state index in [0.29, 0.717) is 17.0 Å². The van der Waals surface area contributed by atoms with Crippen LogP contribution in [0.1, 0.15) is 10.4 Å². The molecule has 0 fully saturated rings. The number of amides is 1. The minimum Gasteiger partial charge on any atom is -0.332 e. The highest BCUT2D eigenvalue weighted by atomic mass is 79.9. The molecule has 1 aromatic carbocycles. The van der Waals surface area contributed by atoms with Crippen molar-refractivity contribution in [1.29, 1.82) is 0 Å². The molecule has 0 aliphatic heterocycles. The van der Waals surface area contributed by atoms with Gasteiger partial charge < -0.3 is 4.90 Å². The van der Waals surface area contributed by atoms with Crippen molar-refractivity contribution in [2.45, 2.75) is 6.43 Å². The molecule has 0 bridgehead atoms. The van der Waals surface area contributed by atoms with Crippen molar-refractivity contribution in [3.05, 3.63) is 35.1 Å². The Bertz CT molecular complexity index is 445. The van der Waals surface area contributed by atoms with Crippen molar-refractivity contribution >= 4 is 21.8 Å². The summed E-state index contributed by atoms with van der Waals surface area (Å²) in [5, 5.41) is 0.163. The molecular weight excluding hydrogens is 337 g/mol. The molecule has 106 valence electrons. The van der Waals surface area contributed by atoms with Gasteiger partial charge in [0.1, 0.15) is 23.0 Å². The van der Waals surface area contributed by atoms with E-state index in [4.69, 9.17) is 0 Å². The summed E-state index contributed by atoms with van der Waals surface area (Å²) in [6, 6.07) is 0.649. The predicted octanol–water partition coefficient (Wildman–Crippen LogP) is 3.21. The van der Waals surface area contributed by atoms with E-state index in [1.165, 1.54) is 0 Å². The fraction of sp³-hybridized carbons (Fsp3) is 0.364. The van der Waals surface area contributed by atoms with E-state index in [9.17, 15) is 26.7 Å². The van der Waals surface area contributed by atoms with E-state index in [1.54, 1.807) is 0 Å². The monoisotopic (exact) mass is 345 g/mol. The normalized spacial score (nSPS) is 10.9. The third-order valence-electron chi connectivity index (χ3n) is 2.22. The first-order valence-corrected chi connectivity index (χ1v) is 6.27. The summed E-state index contributed by atoms with van der Waals surface area (Å²) >= 11 is 2.94. The van der Waals surface area contributed by atoms with Crippen LogP contribution in [0.2, 0.25) is 0 Å². The Labute approximate surface area is 114 Å². The minimum absolute atomic E-state index is 0.153. The van der Waals surface area contributed by atoms with Gasteiger partial charge in [0.15, 0.2) is 0 Å². The number of alkyl halides is 3. The Morgan fingerprint density at radius 3 is 2.16 bits per heavy atom. The van der Waals surface area contributed by atoms with Gasteiger partial charge in [-0.1, -0.05) is 15.9 Å². The van der Waals surface area contributed by atoms with Crippen molar-refractivity contribution in [1.82, 2.24) is 4.90 Å². The number of rotatable bonds is 5. The van der Waals surface area contributed by atoms with E-state index in [2.05, 4.69) is 15.9 Å². The number of hydrogen-bond acceptors (Lipinski definition) is 1. The van der Waals surface area contributed by atoms with Gasteiger partial charge in [0.2, 0.25) is 0 Å². The molecule has 0 spiro atoms. The lowest BCUT2D eigenvalue weighted by molar-refractivity contribution is 0.0564. The molecule has 1 amide bonds. The number of carbonyl (C=O) groups excluding carboxylic acids is 1. The third kappa shape index (κ3) is 4.15. The summed E-state index contributed by atoms with van der Waals surface area (Å²) in [4.78, 5) is 12.4. The molecule has 0 aliphatic carbocycles. The number of halogens is 6. The summed E-state index contributed by atoms with van der Waals surface area (Å²) in [5.41, 5.74) is -1.04. The van der Waals surface area contributed by atoms with E-state index in [-0.39, 0.29) is 11.9 Å².